The highest BCUT2D eigenvalue weighted by molar-refractivity contribution is 7.17. The van der Waals surface area contributed by atoms with Crippen molar-refractivity contribution in [3.05, 3.63) is 56.6 Å². The van der Waals surface area contributed by atoms with Crippen LogP contribution in [0.3, 0.4) is 0 Å². The lowest BCUT2D eigenvalue weighted by atomic mass is 9.95. The van der Waals surface area contributed by atoms with Gasteiger partial charge in [0.05, 0.1) is 30.3 Å². The van der Waals surface area contributed by atoms with Crippen LogP contribution in [-0.4, -0.2) is 26.0 Å². The Morgan fingerprint density at radius 1 is 1.00 bits per heavy atom. The lowest BCUT2D eigenvalue weighted by molar-refractivity contribution is 0.102. The number of anilines is 2. The van der Waals surface area contributed by atoms with Crippen LogP contribution in [0.15, 0.2) is 35.7 Å². The number of carbonyl (C=O) groups is 2. The molecule has 0 radical (unpaired) electrons. The summed E-state index contributed by atoms with van der Waals surface area (Å²) in [6.07, 6.45) is 3.89. The highest BCUT2D eigenvalue weighted by Gasteiger charge is 2.27. The van der Waals surface area contributed by atoms with Gasteiger partial charge in [-0.1, -0.05) is 6.07 Å². The van der Waals surface area contributed by atoms with E-state index in [1.165, 1.54) is 27.6 Å². The molecule has 2 heterocycles. The fraction of sp³-hybridized carbons (Fsp3) is 0.273. The summed E-state index contributed by atoms with van der Waals surface area (Å²) >= 11 is 2.87. The van der Waals surface area contributed by atoms with E-state index in [0.717, 1.165) is 31.2 Å². The van der Waals surface area contributed by atoms with Crippen molar-refractivity contribution in [3.8, 4) is 11.5 Å². The molecule has 8 heteroatoms. The molecule has 0 spiro atoms. The molecule has 156 valence electrons. The van der Waals surface area contributed by atoms with Crippen molar-refractivity contribution < 1.29 is 19.1 Å². The van der Waals surface area contributed by atoms with Crippen LogP contribution in [0.2, 0.25) is 0 Å². The molecule has 1 aliphatic rings. The highest BCUT2D eigenvalue weighted by Crippen LogP contribution is 2.39. The molecular formula is C22H22N2O4S2. The molecule has 2 amide bonds. The lowest BCUT2D eigenvalue weighted by Crippen LogP contribution is -2.18. The van der Waals surface area contributed by atoms with Gasteiger partial charge < -0.3 is 20.1 Å². The Hall–Kier alpha value is -2.84. The van der Waals surface area contributed by atoms with E-state index < -0.39 is 0 Å². The van der Waals surface area contributed by atoms with E-state index in [2.05, 4.69) is 10.6 Å². The monoisotopic (exact) mass is 442 g/mol. The van der Waals surface area contributed by atoms with E-state index in [-0.39, 0.29) is 11.8 Å². The Kier molecular flexibility index (Phi) is 6.06. The SMILES string of the molecule is COc1ccc(OC)c(NC(=O)c2c(NC(=O)c3cccs3)sc3c2CCCC3)c1. The number of thiophene rings is 2. The van der Waals surface area contributed by atoms with Gasteiger partial charge in [-0.05, 0) is 54.8 Å². The van der Waals surface area contributed by atoms with Crippen molar-refractivity contribution >= 4 is 45.2 Å². The maximum absolute atomic E-state index is 13.4. The summed E-state index contributed by atoms with van der Waals surface area (Å²) in [5.41, 5.74) is 2.10. The van der Waals surface area contributed by atoms with Crippen molar-refractivity contribution in [2.45, 2.75) is 25.7 Å². The van der Waals surface area contributed by atoms with Gasteiger partial charge in [0.2, 0.25) is 0 Å². The maximum atomic E-state index is 13.4. The molecule has 1 aliphatic carbocycles. The van der Waals surface area contributed by atoms with E-state index in [1.807, 2.05) is 11.4 Å². The molecule has 6 nitrogen and oxygen atoms in total. The average molecular weight is 443 g/mol. The zero-order chi connectivity index (χ0) is 21.1. The summed E-state index contributed by atoms with van der Waals surface area (Å²) < 4.78 is 10.7. The minimum Gasteiger partial charge on any atom is -0.497 e. The van der Waals surface area contributed by atoms with Gasteiger partial charge >= 0.3 is 0 Å². The van der Waals surface area contributed by atoms with Crippen molar-refractivity contribution in [1.29, 1.82) is 0 Å². The van der Waals surface area contributed by atoms with Crippen LogP contribution in [0.25, 0.3) is 0 Å². The number of methoxy groups -OCH3 is 2. The number of fused-ring (bicyclic) bond motifs is 1. The molecule has 0 aliphatic heterocycles. The standard InChI is InChI=1S/C22H22N2O4S2/c1-27-13-9-10-16(28-2)15(12-13)23-21(26)19-14-6-3-4-7-17(14)30-22(19)24-20(25)18-8-5-11-29-18/h5,8-12H,3-4,6-7H2,1-2H3,(H,23,26)(H,24,25). The van der Waals surface area contributed by atoms with Crippen LogP contribution in [0.4, 0.5) is 10.7 Å². The van der Waals surface area contributed by atoms with Crippen LogP contribution in [-0.2, 0) is 12.8 Å². The average Bonchev–Trinajstić information content (AvgIpc) is 3.41. The van der Waals surface area contributed by atoms with Crippen LogP contribution < -0.4 is 20.1 Å². The molecule has 4 rings (SSSR count). The molecule has 0 fully saturated rings. The topological polar surface area (TPSA) is 76.7 Å². The summed E-state index contributed by atoms with van der Waals surface area (Å²) in [6, 6.07) is 8.85. The quantitative estimate of drug-likeness (QED) is 0.549. The van der Waals surface area contributed by atoms with Crippen LogP contribution >= 0.6 is 22.7 Å². The molecule has 30 heavy (non-hydrogen) atoms. The Morgan fingerprint density at radius 2 is 1.83 bits per heavy atom. The molecule has 0 atom stereocenters. The Balaban J connectivity index is 1.68. The predicted octanol–water partition coefficient (Wildman–Crippen LogP) is 5.21. The second-order valence-corrected chi connectivity index (χ2v) is 8.92. The Morgan fingerprint density at radius 3 is 2.57 bits per heavy atom. The zero-order valence-electron chi connectivity index (χ0n) is 16.7. The third kappa shape index (κ3) is 4.06. The molecule has 1 aromatic carbocycles. The second kappa shape index (κ2) is 8.89. The third-order valence-electron chi connectivity index (χ3n) is 5.03. The second-order valence-electron chi connectivity index (χ2n) is 6.87. The first kappa shape index (κ1) is 20.4. The Bertz CT molecular complexity index is 1070. The molecule has 3 aromatic rings. The first-order valence-corrected chi connectivity index (χ1v) is 11.3. The molecule has 0 bridgehead atoms. The van der Waals surface area contributed by atoms with Crippen molar-refractivity contribution in [2.75, 3.05) is 24.9 Å². The van der Waals surface area contributed by atoms with Gasteiger partial charge in [0.25, 0.3) is 11.8 Å². The molecule has 0 unspecified atom stereocenters. The van der Waals surface area contributed by atoms with Gasteiger partial charge in [-0.2, -0.15) is 0 Å². The first-order chi connectivity index (χ1) is 14.6. The molecular weight excluding hydrogens is 420 g/mol. The van der Waals surface area contributed by atoms with Gasteiger partial charge in [-0.3, -0.25) is 9.59 Å². The zero-order valence-corrected chi connectivity index (χ0v) is 18.4. The van der Waals surface area contributed by atoms with Gasteiger partial charge in [0.1, 0.15) is 16.5 Å². The summed E-state index contributed by atoms with van der Waals surface area (Å²) in [4.78, 5) is 27.8. The van der Waals surface area contributed by atoms with E-state index in [0.29, 0.717) is 32.6 Å². The summed E-state index contributed by atoms with van der Waals surface area (Å²) in [6.45, 7) is 0. The number of amides is 2. The fourth-order valence-electron chi connectivity index (χ4n) is 3.56. The van der Waals surface area contributed by atoms with E-state index >= 15 is 0 Å². The number of aryl methyl sites for hydroxylation is 1. The number of rotatable bonds is 6. The van der Waals surface area contributed by atoms with Gasteiger partial charge in [-0.25, -0.2) is 0 Å². The Labute approximate surface area is 182 Å². The number of hydrogen-bond acceptors (Lipinski definition) is 6. The number of ether oxygens (including phenoxy) is 2. The van der Waals surface area contributed by atoms with Gasteiger partial charge in [0.15, 0.2) is 0 Å². The van der Waals surface area contributed by atoms with Crippen LogP contribution in [0.5, 0.6) is 11.5 Å². The minimum absolute atomic E-state index is 0.198. The number of carbonyl (C=O) groups excluding carboxylic acids is 2. The predicted molar refractivity (Wildman–Crippen MR) is 121 cm³/mol. The first-order valence-electron chi connectivity index (χ1n) is 9.63. The van der Waals surface area contributed by atoms with Crippen LogP contribution in [0.1, 0.15) is 43.3 Å². The largest absolute Gasteiger partial charge is 0.497 e. The molecule has 0 saturated heterocycles. The highest BCUT2D eigenvalue weighted by atomic mass is 32.1. The number of benzene rings is 1. The number of nitrogens with one attached hydrogen (secondary N) is 2. The maximum Gasteiger partial charge on any atom is 0.266 e. The normalized spacial score (nSPS) is 12.7. The minimum atomic E-state index is -0.262. The summed E-state index contributed by atoms with van der Waals surface area (Å²) in [5.74, 6) is 0.695. The van der Waals surface area contributed by atoms with E-state index in [4.69, 9.17) is 9.47 Å². The molecule has 2 aromatic heterocycles. The lowest BCUT2D eigenvalue weighted by Gasteiger charge is -2.15. The van der Waals surface area contributed by atoms with E-state index in [1.54, 1.807) is 38.5 Å². The number of hydrogen-bond donors (Lipinski definition) is 2. The van der Waals surface area contributed by atoms with Crippen molar-refractivity contribution in [2.24, 2.45) is 0 Å². The van der Waals surface area contributed by atoms with Gasteiger partial charge in [0, 0.05) is 10.9 Å². The smallest absolute Gasteiger partial charge is 0.266 e. The van der Waals surface area contributed by atoms with Crippen molar-refractivity contribution in [3.63, 3.8) is 0 Å². The van der Waals surface area contributed by atoms with E-state index in [9.17, 15) is 9.59 Å². The van der Waals surface area contributed by atoms with Crippen LogP contribution in [0, 0.1) is 0 Å². The third-order valence-corrected chi connectivity index (χ3v) is 7.10. The molecule has 2 N–H and O–H groups in total. The van der Waals surface area contributed by atoms with Gasteiger partial charge in [-0.15, -0.1) is 22.7 Å². The fourth-order valence-corrected chi connectivity index (χ4v) is 5.46. The molecule has 0 saturated carbocycles. The van der Waals surface area contributed by atoms with Crippen molar-refractivity contribution in [1.82, 2.24) is 0 Å². The summed E-state index contributed by atoms with van der Waals surface area (Å²) in [5, 5.41) is 8.37. The summed E-state index contributed by atoms with van der Waals surface area (Å²) in [7, 11) is 3.12.